The zero-order chi connectivity index (χ0) is 22.8. The summed E-state index contributed by atoms with van der Waals surface area (Å²) < 4.78 is 1.60. The Balaban J connectivity index is 1.82. The Morgan fingerprint density at radius 1 is 0.875 bits per heavy atom. The van der Waals surface area contributed by atoms with Crippen LogP contribution >= 0.6 is 34.8 Å². The van der Waals surface area contributed by atoms with Gasteiger partial charge in [0, 0.05) is 34.3 Å². The predicted molar refractivity (Wildman–Crippen MR) is 128 cm³/mol. The summed E-state index contributed by atoms with van der Waals surface area (Å²) in [7, 11) is 0. The van der Waals surface area contributed by atoms with E-state index in [0.29, 0.717) is 45.1 Å². The lowest BCUT2D eigenvalue weighted by atomic mass is 10.0. The van der Waals surface area contributed by atoms with Gasteiger partial charge in [0.25, 0.3) is 11.7 Å². The molecule has 3 aromatic rings. The van der Waals surface area contributed by atoms with Crippen molar-refractivity contribution in [3.63, 3.8) is 0 Å². The molecule has 1 aliphatic rings. The molecule has 1 aliphatic heterocycles. The number of likely N-dealkylation sites (tertiary alicyclic amines) is 1. The number of nitrogens with zero attached hydrogens (tertiary/aromatic N) is 3. The summed E-state index contributed by atoms with van der Waals surface area (Å²) >= 11 is 18.6. The lowest BCUT2D eigenvalue weighted by Gasteiger charge is -2.18. The van der Waals surface area contributed by atoms with Crippen LogP contribution in [-0.2, 0) is 4.79 Å². The fraction of sp³-hybridized carbons (Fsp3) is 0.292. The summed E-state index contributed by atoms with van der Waals surface area (Å²) in [4.78, 5) is 27.9. The van der Waals surface area contributed by atoms with Crippen LogP contribution in [0.15, 0.2) is 42.5 Å². The maximum absolute atomic E-state index is 13.3. The molecule has 0 aliphatic carbocycles. The first-order valence-electron chi connectivity index (χ1n) is 10.5. The maximum atomic E-state index is 13.3. The lowest BCUT2D eigenvalue weighted by molar-refractivity contribution is -0.126. The number of aromatic nitrogens is 2. The normalized spacial score (nSPS) is 14.3. The SMILES string of the molecule is Cc1c(C(=O)C(=O)N2CCCCCC2)nn(-c2ccc(Cl)cc2Cl)c1-c1ccc(Cl)cc1. The van der Waals surface area contributed by atoms with Gasteiger partial charge in [-0.15, -0.1) is 0 Å². The molecule has 0 spiro atoms. The van der Waals surface area contributed by atoms with E-state index >= 15 is 0 Å². The van der Waals surface area contributed by atoms with Crippen molar-refractivity contribution in [2.45, 2.75) is 32.6 Å². The third kappa shape index (κ3) is 4.56. The van der Waals surface area contributed by atoms with E-state index in [1.807, 2.05) is 12.1 Å². The molecule has 8 heteroatoms. The van der Waals surface area contributed by atoms with Gasteiger partial charge in [0.15, 0.2) is 0 Å². The van der Waals surface area contributed by atoms with E-state index in [2.05, 4.69) is 5.10 Å². The molecule has 0 radical (unpaired) electrons. The molecule has 4 rings (SSSR count). The Morgan fingerprint density at radius 2 is 1.50 bits per heavy atom. The highest BCUT2D eigenvalue weighted by atomic mass is 35.5. The number of benzene rings is 2. The van der Waals surface area contributed by atoms with Crippen LogP contribution in [0.25, 0.3) is 16.9 Å². The van der Waals surface area contributed by atoms with E-state index in [0.717, 1.165) is 31.2 Å². The minimum atomic E-state index is -0.608. The van der Waals surface area contributed by atoms with E-state index in [-0.39, 0.29) is 5.69 Å². The van der Waals surface area contributed by atoms with E-state index in [9.17, 15) is 9.59 Å². The Labute approximate surface area is 201 Å². The van der Waals surface area contributed by atoms with Crippen molar-refractivity contribution in [2.24, 2.45) is 0 Å². The molecule has 32 heavy (non-hydrogen) atoms. The Morgan fingerprint density at radius 3 is 2.12 bits per heavy atom. The van der Waals surface area contributed by atoms with Crippen LogP contribution in [-0.4, -0.2) is 39.5 Å². The second-order valence-corrected chi connectivity index (χ2v) is 9.15. The molecule has 0 atom stereocenters. The quantitative estimate of drug-likeness (QED) is 0.314. The third-order valence-corrected chi connectivity index (χ3v) is 6.47. The lowest BCUT2D eigenvalue weighted by Crippen LogP contribution is -2.37. The number of hydrogen-bond acceptors (Lipinski definition) is 3. The smallest absolute Gasteiger partial charge is 0.296 e. The summed E-state index contributed by atoms with van der Waals surface area (Å²) in [6, 6.07) is 12.3. The molecule has 1 amide bonds. The third-order valence-electron chi connectivity index (χ3n) is 5.68. The first-order valence-corrected chi connectivity index (χ1v) is 11.6. The van der Waals surface area contributed by atoms with Gasteiger partial charge in [-0.1, -0.05) is 59.8 Å². The number of Topliss-reactive ketones (excluding diaryl/α,β-unsaturated/α-hetero) is 1. The summed E-state index contributed by atoms with van der Waals surface area (Å²) in [5.41, 5.74) is 2.75. The van der Waals surface area contributed by atoms with Crippen LogP contribution < -0.4 is 0 Å². The van der Waals surface area contributed by atoms with Crippen molar-refractivity contribution in [3.05, 3.63) is 68.8 Å². The van der Waals surface area contributed by atoms with E-state index in [1.165, 1.54) is 0 Å². The van der Waals surface area contributed by atoms with Gasteiger partial charge in [0.1, 0.15) is 5.69 Å². The number of hydrogen-bond donors (Lipinski definition) is 0. The molecule has 2 aromatic carbocycles. The average molecular weight is 491 g/mol. The Kier molecular flexibility index (Phi) is 6.89. The Bertz CT molecular complexity index is 1160. The van der Waals surface area contributed by atoms with E-state index in [1.54, 1.807) is 46.8 Å². The van der Waals surface area contributed by atoms with Gasteiger partial charge < -0.3 is 4.90 Å². The molecule has 1 fully saturated rings. The highest BCUT2D eigenvalue weighted by Gasteiger charge is 2.30. The molecule has 1 saturated heterocycles. The summed E-state index contributed by atoms with van der Waals surface area (Å²) in [6.45, 7) is 2.98. The van der Waals surface area contributed by atoms with Gasteiger partial charge in [-0.2, -0.15) is 5.10 Å². The first kappa shape index (κ1) is 22.8. The predicted octanol–water partition coefficient (Wildman–Crippen LogP) is 6.39. The summed E-state index contributed by atoms with van der Waals surface area (Å²) in [6.07, 6.45) is 3.95. The highest BCUT2D eigenvalue weighted by molar-refractivity contribution is 6.42. The molecule has 5 nitrogen and oxygen atoms in total. The van der Waals surface area contributed by atoms with Crippen molar-refractivity contribution in [1.29, 1.82) is 0 Å². The second kappa shape index (κ2) is 9.65. The van der Waals surface area contributed by atoms with Crippen LogP contribution in [0.4, 0.5) is 0 Å². The topological polar surface area (TPSA) is 55.2 Å². The fourth-order valence-corrected chi connectivity index (χ4v) is 4.62. The number of rotatable bonds is 4. The van der Waals surface area contributed by atoms with Crippen LogP contribution in [0.5, 0.6) is 0 Å². The zero-order valence-corrected chi connectivity index (χ0v) is 19.8. The standard InChI is InChI=1S/C24H22Cl3N3O2/c1-15-21(23(31)24(32)29-12-4-2-3-5-13-29)28-30(20-11-10-18(26)14-19(20)27)22(15)16-6-8-17(25)9-7-16/h6-11,14H,2-5,12-13H2,1H3. The number of ketones is 1. The van der Waals surface area contributed by atoms with Crippen molar-refractivity contribution in [3.8, 4) is 16.9 Å². The molecule has 166 valence electrons. The molecule has 0 unspecified atom stereocenters. The van der Waals surface area contributed by atoms with Crippen LogP contribution in [0.2, 0.25) is 15.1 Å². The van der Waals surface area contributed by atoms with Gasteiger partial charge in [0.05, 0.1) is 16.4 Å². The molecule has 2 heterocycles. The minimum Gasteiger partial charge on any atom is -0.336 e. The zero-order valence-electron chi connectivity index (χ0n) is 17.6. The van der Waals surface area contributed by atoms with Gasteiger partial charge >= 0.3 is 0 Å². The van der Waals surface area contributed by atoms with E-state index < -0.39 is 11.7 Å². The van der Waals surface area contributed by atoms with Gasteiger partial charge in [-0.05, 0) is 50.1 Å². The van der Waals surface area contributed by atoms with Crippen LogP contribution in [0.1, 0.15) is 41.7 Å². The summed E-state index contributed by atoms with van der Waals surface area (Å²) in [5, 5.41) is 6.03. The fourth-order valence-electron chi connectivity index (χ4n) is 4.00. The highest BCUT2D eigenvalue weighted by Crippen LogP contribution is 2.33. The number of carbonyl (C=O) groups excluding carboxylic acids is 2. The van der Waals surface area contributed by atoms with Gasteiger partial charge in [-0.3, -0.25) is 9.59 Å². The molecule has 0 N–H and O–H groups in total. The van der Waals surface area contributed by atoms with Crippen LogP contribution in [0, 0.1) is 6.92 Å². The monoisotopic (exact) mass is 489 g/mol. The molecule has 1 aromatic heterocycles. The average Bonchev–Trinajstić information content (AvgIpc) is 2.94. The number of halogens is 3. The van der Waals surface area contributed by atoms with Gasteiger partial charge in [-0.25, -0.2) is 4.68 Å². The molecular formula is C24H22Cl3N3O2. The van der Waals surface area contributed by atoms with Gasteiger partial charge in [0.2, 0.25) is 0 Å². The molecular weight excluding hydrogens is 469 g/mol. The number of amides is 1. The summed E-state index contributed by atoms with van der Waals surface area (Å²) in [5.74, 6) is -1.12. The van der Waals surface area contributed by atoms with Crippen molar-refractivity contribution in [1.82, 2.24) is 14.7 Å². The molecule has 0 bridgehead atoms. The second-order valence-electron chi connectivity index (χ2n) is 7.87. The number of carbonyl (C=O) groups is 2. The molecule has 0 saturated carbocycles. The van der Waals surface area contributed by atoms with E-state index in [4.69, 9.17) is 34.8 Å². The van der Waals surface area contributed by atoms with Crippen molar-refractivity contribution < 1.29 is 9.59 Å². The largest absolute Gasteiger partial charge is 0.336 e. The van der Waals surface area contributed by atoms with Crippen LogP contribution in [0.3, 0.4) is 0 Å². The van der Waals surface area contributed by atoms with Crippen molar-refractivity contribution in [2.75, 3.05) is 13.1 Å². The Hall–Kier alpha value is -2.34. The first-order chi connectivity index (χ1) is 15.4. The van der Waals surface area contributed by atoms with Crippen molar-refractivity contribution >= 4 is 46.5 Å². The minimum absolute atomic E-state index is 0.121. The maximum Gasteiger partial charge on any atom is 0.296 e.